The lowest BCUT2D eigenvalue weighted by molar-refractivity contribution is 0.355. The summed E-state index contributed by atoms with van der Waals surface area (Å²) in [4.78, 5) is 0.947. The Balaban J connectivity index is 2.37. The fraction of sp³-hybridized carbons (Fsp3) is 0.188. The first-order valence-corrected chi connectivity index (χ1v) is 7.52. The van der Waals surface area contributed by atoms with Crippen LogP contribution in [0.5, 0.6) is 11.5 Å². The van der Waals surface area contributed by atoms with Crippen LogP contribution in [0.2, 0.25) is 0 Å². The monoisotopic (exact) mass is 300 g/mol. The van der Waals surface area contributed by atoms with Crippen LogP contribution in [0.3, 0.4) is 0 Å². The van der Waals surface area contributed by atoms with Crippen LogP contribution in [0.1, 0.15) is 5.56 Å². The number of methoxy groups -OCH3 is 2. The quantitative estimate of drug-likeness (QED) is 0.845. The lowest BCUT2D eigenvalue weighted by Crippen LogP contribution is -1.97. The molecule has 21 heavy (non-hydrogen) atoms. The summed E-state index contributed by atoms with van der Waals surface area (Å²) in [6, 6.07) is 13.5. The lowest BCUT2D eigenvalue weighted by atomic mass is 10.2. The molecule has 0 unspecified atom stereocenters. The Morgan fingerprint density at radius 2 is 1.86 bits per heavy atom. The Morgan fingerprint density at radius 1 is 1.10 bits per heavy atom. The van der Waals surface area contributed by atoms with Crippen molar-refractivity contribution in [2.45, 2.75) is 4.90 Å². The van der Waals surface area contributed by atoms with E-state index in [-0.39, 0.29) is 0 Å². The van der Waals surface area contributed by atoms with Crippen molar-refractivity contribution in [2.24, 2.45) is 0 Å². The van der Waals surface area contributed by atoms with Crippen molar-refractivity contribution in [3.8, 4) is 17.6 Å². The number of thioether (sulfide) groups is 1. The van der Waals surface area contributed by atoms with Crippen molar-refractivity contribution < 1.29 is 9.47 Å². The number of benzene rings is 2. The molecule has 0 fully saturated rings. The molecule has 0 radical (unpaired) electrons. The smallest absolute Gasteiger partial charge is 0.162 e. The van der Waals surface area contributed by atoms with Crippen LogP contribution >= 0.6 is 11.8 Å². The molecule has 2 aromatic carbocycles. The molecule has 0 aromatic heterocycles. The molecule has 0 heterocycles. The SMILES string of the molecule is COc1ccc(Nc2cccc(SC)c2C#N)cc1OC. The molecule has 5 heteroatoms. The highest BCUT2D eigenvalue weighted by molar-refractivity contribution is 7.98. The van der Waals surface area contributed by atoms with Gasteiger partial charge in [0.2, 0.25) is 0 Å². The Bertz CT molecular complexity index is 680. The summed E-state index contributed by atoms with van der Waals surface area (Å²) in [6.07, 6.45) is 1.95. The number of rotatable bonds is 5. The molecule has 0 bridgehead atoms. The van der Waals surface area contributed by atoms with Crippen LogP contribution in [0.4, 0.5) is 11.4 Å². The maximum Gasteiger partial charge on any atom is 0.162 e. The van der Waals surface area contributed by atoms with Crippen LogP contribution in [0.25, 0.3) is 0 Å². The number of nitriles is 1. The zero-order valence-corrected chi connectivity index (χ0v) is 13.0. The van der Waals surface area contributed by atoms with E-state index in [1.807, 2.05) is 42.7 Å². The molecular formula is C16H16N2O2S. The first-order chi connectivity index (χ1) is 10.2. The fourth-order valence-electron chi connectivity index (χ4n) is 1.99. The molecule has 0 saturated carbocycles. The van der Waals surface area contributed by atoms with Gasteiger partial charge in [-0.3, -0.25) is 0 Å². The Morgan fingerprint density at radius 3 is 2.48 bits per heavy atom. The van der Waals surface area contributed by atoms with Gasteiger partial charge >= 0.3 is 0 Å². The van der Waals surface area contributed by atoms with Crippen LogP contribution in [-0.4, -0.2) is 20.5 Å². The van der Waals surface area contributed by atoms with Gasteiger partial charge in [-0.25, -0.2) is 0 Å². The molecule has 108 valence electrons. The third-order valence-corrected chi connectivity index (χ3v) is 3.80. The maximum absolute atomic E-state index is 9.34. The molecule has 4 nitrogen and oxygen atoms in total. The Hall–Kier alpha value is -2.32. The van der Waals surface area contributed by atoms with Crippen molar-refractivity contribution in [3.05, 3.63) is 42.0 Å². The minimum Gasteiger partial charge on any atom is -0.493 e. The van der Waals surface area contributed by atoms with Crippen molar-refractivity contribution in [3.63, 3.8) is 0 Å². The molecular weight excluding hydrogens is 284 g/mol. The standard InChI is InChI=1S/C16H16N2O2S/c1-19-14-8-7-11(9-15(14)20-2)18-13-5-4-6-16(21-3)12(13)10-17/h4-9,18H,1-3H3. The predicted octanol–water partition coefficient (Wildman–Crippen LogP) is 4.04. The van der Waals surface area contributed by atoms with Crippen LogP contribution < -0.4 is 14.8 Å². The van der Waals surface area contributed by atoms with E-state index in [1.54, 1.807) is 26.0 Å². The van der Waals surface area contributed by atoms with E-state index in [2.05, 4.69) is 11.4 Å². The number of ether oxygens (including phenoxy) is 2. The van der Waals surface area contributed by atoms with Crippen molar-refractivity contribution in [2.75, 3.05) is 25.8 Å². The lowest BCUT2D eigenvalue weighted by Gasteiger charge is -2.13. The third kappa shape index (κ3) is 3.23. The fourth-order valence-corrected chi connectivity index (χ4v) is 2.56. The second kappa shape index (κ2) is 6.91. The van der Waals surface area contributed by atoms with Crippen LogP contribution in [0, 0.1) is 11.3 Å². The first-order valence-electron chi connectivity index (χ1n) is 6.29. The number of anilines is 2. The van der Waals surface area contributed by atoms with Gasteiger partial charge in [0.05, 0.1) is 25.5 Å². The van der Waals surface area contributed by atoms with Crippen LogP contribution in [0.15, 0.2) is 41.3 Å². The van der Waals surface area contributed by atoms with E-state index >= 15 is 0 Å². The molecule has 2 rings (SSSR count). The minimum absolute atomic E-state index is 0.639. The van der Waals surface area contributed by atoms with Crippen LogP contribution in [-0.2, 0) is 0 Å². The van der Waals surface area contributed by atoms with E-state index in [0.717, 1.165) is 16.3 Å². The van der Waals surface area contributed by atoms with E-state index < -0.39 is 0 Å². The van der Waals surface area contributed by atoms with E-state index in [4.69, 9.17) is 9.47 Å². The molecule has 0 aliphatic rings. The molecule has 0 aliphatic carbocycles. The Labute approximate surface area is 128 Å². The normalized spacial score (nSPS) is 9.81. The summed E-state index contributed by atoms with van der Waals surface area (Å²) >= 11 is 1.55. The van der Waals surface area contributed by atoms with Crippen molar-refractivity contribution in [1.82, 2.24) is 0 Å². The number of nitrogens with one attached hydrogen (secondary N) is 1. The van der Waals surface area contributed by atoms with E-state index in [9.17, 15) is 5.26 Å². The summed E-state index contributed by atoms with van der Waals surface area (Å²) in [7, 11) is 3.19. The van der Waals surface area contributed by atoms with Crippen molar-refractivity contribution in [1.29, 1.82) is 5.26 Å². The summed E-state index contributed by atoms with van der Waals surface area (Å²) in [5.41, 5.74) is 2.25. The van der Waals surface area contributed by atoms with E-state index in [1.165, 1.54) is 0 Å². The van der Waals surface area contributed by atoms with Gasteiger partial charge in [0, 0.05) is 16.6 Å². The van der Waals surface area contributed by atoms with Gasteiger partial charge in [-0.05, 0) is 30.5 Å². The second-order valence-corrected chi connectivity index (χ2v) is 5.04. The summed E-state index contributed by atoms with van der Waals surface area (Å²) < 4.78 is 10.5. The maximum atomic E-state index is 9.34. The summed E-state index contributed by atoms with van der Waals surface area (Å²) in [6.45, 7) is 0. The third-order valence-electron chi connectivity index (χ3n) is 3.02. The zero-order chi connectivity index (χ0) is 15.2. The molecule has 1 N–H and O–H groups in total. The van der Waals surface area contributed by atoms with E-state index in [0.29, 0.717) is 17.1 Å². The number of hydrogen-bond donors (Lipinski definition) is 1. The first kappa shape index (κ1) is 15.1. The van der Waals surface area contributed by atoms with Gasteiger partial charge in [0.1, 0.15) is 6.07 Å². The highest BCUT2D eigenvalue weighted by Crippen LogP contribution is 2.33. The van der Waals surface area contributed by atoms with Crippen molar-refractivity contribution >= 4 is 23.1 Å². The van der Waals surface area contributed by atoms with Gasteiger partial charge < -0.3 is 14.8 Å². The largest absolute Gasteiger partial charge is 0.493 e. The number of hydrogen-bond acceptors (Lipinski definition) is 5. The zero-order valence-electron chi connectivity index (χ0n) is 12.1. The van der Waals surface area contributed by atoms with Gasteiger partial charge in [0.25, 0.3) is 0 Å². The van der Waals surface area contributed by atoms with Gasteiger partial charge in [-0.2, -0.15) is 5.26 Å². The van der Waals surface area contributed by atoms with Gasteiger partial charge in [0.15, 0.2) is 11.5 Å². The highest BCUT2D eigenvalue weighted by atomic mass is 32.2. The van der Waals surface area contributed by atoms with Gasteiger partial charge in [-0.1, -0.05) is 6.07 Å². The molecule has 0 amide bonds. The average molecular weight is 300 g/mol. The highest BCUT2D eigenvalue weighted by Gasteiger charge is 2.09. The molecule has 0 saturated heterocycles. The van der Waals surface area contributed by atoms with Gasteiger partial charge in [-0.15, -0.1) is 11.8 Å². The number of nitrogens with zero attached hydrogens (tertiary/aromatic N) is 1. The second-order valence-electron chi connectivity index (χ2n) is 4.19. The average Bonchev–Trinajstić information content (AvgIpc) is 2.54. The predicted molar refractivity (Wildman–Crippen MR) is 85.8 cm³/mol. The Kier molecular flexibility index (Phi) is 4.96. The molecule has 2 aromatic rings. The molecule has 0 aliphatic heterocycles. The molecule has 0 atom stereocenters. The molecule has 0 spiro atoms. The summed E-state index contributed by atoms with van der Waals surface area (Å²) in [5, 5.41) is 12.6. The minimum atomic E-state index is 0.639. The topological polar surface area (TPSA) is 54.3 Å². The summed E-state index contributed by atoms with van der Waals surface area (Å²) in [5.74, 6) is 1.31.